The summed E-state index contributed by atoms with van der Waals surface area (Å²) in [6.07, 6.45) is 4.80. The monoisotopic (exact) mass is 425 g/mol. The van der Waals surface area contributed by atoms with Gasteiger partial charge in [-0.2, -0.15) is 0 Å². The van der Waals surface area contributed by atoms with Gasteiger partial charge in [0, 0.05) is 5.56 Å². The molecule has 25 heavy (non-hydrogen) atoms. The molecule has 6 N–H and O–H groups in total. The lowest BCUT2D eigenvalue weighted by molar-refractivity contribution is 0.959. The van der Waals surface area contributed by atoms with Crippen molar-refractivity contribution >= 4 is 48.8 Å². The van der Waals surface area contributed by atoms with Crippen LogP contribution in [-0.4, -0.2) is 24.5 Å². The Bertz CT molecular complexity index is 525. The van der Waals surface area contributed by atoms with Gasteiger partial charge in [0.1, 0.15) is 0 Å². The van der Waals surface area contributed by atoms with Crippen LogP contribution in [0.4, 0.5) is 0 Å². The van der Waals surface area contributed by atoms with Crippen LogP contribution >= 0.6 is 48.8 Å². The summed E-state index contributed by atoms with van der Waals surface area (Å²) in [6, 6.07) is 9.70. The summed E-state index contributed by atoms with van der Waals surface area (Å²) < 4.78 is 0. The van der Waals surface area contributed by atoms with Crippen LogP contribution in [0.3, 0.4) is 0 Å². The molecule has 0 amide bonds. The van der Waals surface area contributed by atoms with E-state index in [1.54, 1.807) is 6.92 Å². The highest BCUT2D eigenvalue weighted by molar-refractivity contribution is 6.19. The Hall–Kier alpha value is -1.06. The van der Waals surface area contributed by atoms with Gasteiger partial charge in [0.25, 0.3) is 0 Å². The van der Waals surface area contributed by atoms with Gasteiger partial charge in [-0.05, 0) is 26.0 Å². The molecular weight excluding hydrogens is 400 g/mol. The second-order valence-corrected chi connectivity index (χ2v) is 4.34. The second kappa shape index (κ2) is 27.8. The van der Waals surface area contributed by atoms with Crippen LogP contribution in [0, 0.1) is 36.0 Å². The van der Waals surface area contributed by atoms with E-state index < -0.39 is 0 Å². The van der Waals surface area contributed by atoms with Crippen molar-refractivity contribution in [3.63, 3.8) is 0 Å². The van der Waals surface area contributed by atoms with E-state index in [0.29, 0.717) is 12.4 Å². The van der Waals surface area contributed by atoms with Crippen LogP contribution in [-0.2, 0) is 0 Å². The molecule has 1 aromatic rings. The van der Waals surface area contributed by atoms with Crippen LogP contribution in [0.25, 0.3) is 0 Å². The predicted octanol–water partition coefficient (Wildman–Crippen LogP) is 2.80. The number of rotatable bonds is 0. The Morgan fingerprint density at radius 1 is 1.00 bits per heavy atom. The fourth-order valence-corrected chi connectivity index (χ4v) is 0.933. The first-order valence-electron chi connectivity index (χ1n) is 6.73. The molecule has 0 aliphatic carbocycles. The highest BCUT2D eigenvalue weighted by Crippen LogP contribution is 1.94. The van der Waals surface area contributed by atoms with Gasteiger partial charge < -0.3 is 17.2 Å². The lowest BCUT2D eigenvalue weighted by Crippen LogP contribution is -2.10. The second-order valence-electron chi connectivity index (χ2n) is 4.07. The molecule has 1 rings (SSSR count). The third kappa shape index (κ3) is 35.1. The van der Waals surface area contributed by atoms with Gasteiger partial charge in [-0.1, -0.05) is 47.8 Å². The molecule has 0 bridgehead atoms. The third-order valence-corrected chi connectivity index (χ3v) is 1.91. The first-order chi connectivity index (χ1) is 10.5. The Morgan fingerprint density at radius 3 is 1.76 bits per heavy atom. The highest BCUT2D eigenvalue weighted by atomic mass is 35.5. The average Bonchev–Trinajstić information content (AvgIpc) is 2.53. The van der Waals surface area contributed by atoms with Crippen LogP contribution in [0.5, 0.6) is 0 Å². The largest absolute Gasteiger partial charge is 0.320 e. The first kappa shape index (κ1) is 35.1. The molecule has 0 aliphatic rings. The summed E-state index contributed by atoms with van der Waals surface area (Å²) in [5, 5.41) is 0. The summed E-state index contributed by atoms with van der Waals surface area (Å²) in [5.74, 6) is 13.7. The van der Waals surface area contributed by atoms with E-state index in [2.05, 4.69) is 29.6 Å². The average molecular weight is 427 g/mol. The predicted molar refractivity (Wildman–Crippen MR) is 119 cm³/mol. The molecule has 0 aliphatic heterocycles. The molecule has 0 saturated carbocycles. The SMILES string of the molecule is C#CC(C)N.CC(N)C#Cc1ccccc1.Cl.Cl.Cl.NCC#CCCl. The third-order valence-electron chi connectivity index (χ3n) is 1.77. The normalized spacial score (nSPS) is 9.16. The molecule has 2 unspecified atom stereocenters. The zero-order valence-electron chi connectivity index (χ0n) is 14.4. The minimum Gasteiger partial charge on any atom is -0.320 e. The fourth-order valence-electron chi connectivity index (χ4n) is 0.838. The van der Waals surface area contributed by atoms with E-state index in [9.17, 15) is 0 Å². The Balaban J connectivity index is -0.0000000833. The Labute approximate surface area is 176 Å². The molecular formula is C18H27Cl4N3. The van der Waals surface area contributed by atoms with Crippen molar-refractivity contribution in [2.24, 2.45) is 17.2 Å². The van der Waals surface area contributed by atoms with Crippen molar-refractivity contribution in [3.8, 4) is 36.0 Å². The summed E-state index contributed by atoms with van der Waals surface area (Å²) >= 11 is 5.15. The Kier molecular flexibility index (Phi) is 39.0. The number of alkyl halides is 1. The molecule has 0 radical (unpaired) electrons. The van der Waals surface area contributed by atoms with Gasteiger partial charge in [0.2, 0.25) is 0 Å². The summed E-state index contributed by atoms with van der Waals surface area (Å²) in [5.41, 5.74) is 16.5. The first-order valence-corrected chi connectivity index (χ1v) is 7.27. The zero-order chi connectivity index (χ0) is 17.2. The number of terminal acetylenes is 1. The lowest BCUT2D eigenvalue weighted by Gasteiger charge is -1.89. The maximum Gasteiger partial charge on any atom is 0.0835 e. The molecule has 2 atom stereocenters. The van der Waals surface area contributed by atoms with E-state index >= 15 is 0 Å². The maximum atomic E-state index is 5.47. The zero-order valence-corrected chi connectivity index (χ0v) is 17.6. The fraction of sp³-hybridized carbons (Fsp3) is 0.333. The van der Waals surface area contributed by atoms with E-state index in [4.69, 9.17) is 35.2 Å². The summed E-state index contributed by atoms with van der Waals surface area (Å²) in [6.45, 7) is 4.04. The molecule has 142 valence electrons. The van der Waals surface area contributed by atoms with Crippen molar-refractivity contribution in [3.05, 3.63) is 35.9 Å². The van der Waals surface area contributed by atoms with E-state index in [1.165, 1.54) is 0 Å². The van der Waals surface area contributed by atoms with Crippen LogP contribution in [0.15, 0.2) is 30.3 Å². The lowest BCUT2D eigenvalue weighted by atomic mass is 10.2. The van der Waals surface area contributed by atoms with Gasteiger partial charge >= 0.3 is 0 Å². The number of hydrogen-bond acceptors (Lipinski definition) is 3. The van der Waals surface area contributed by atoms with Gasteiger partial charge in [0.15, 0.2) is 0 Å². The van der Waals surface area contributed by atoms with Crippen molar-refractivity contribution < 1.29 is 0 Å². The van der Waals surface area contributed by atoms with E-state index in [1.807, 2.05) is 37.3 Å². The smallest absolute Gasteiger partial charge is 0.0835 e. The molecule has 0 aromatic heterocycles. The van der Waals surface area contributed by atoms with Gasteiger partial charge in [-0.15, -0.1) is 55.2 Å². The standard InChI is InChI=1S/C10H11N.C4H6ClN.C4H7N.3ClH/c1-9(11)7-8-10-5-3-2-4-6-10;5-3-1-2-4-6;1-3-4(2)5;;;/h2-6,9H,11H2,1H3;3-4,6H2;1,4H,5H2,2H3;3*1H. The molecule has 0 saturated heterocycles. The van der Waals surface area contributed by atoms with Crippen molar-refractivity contribution in [2.75, 3.05) is 12.4 Å². The molecule has 7 heteroatoms. The topological polar surface area (TPSA) is 78.1 Å². The number of benzene rings is 1. The Morgan fingerprint density at radius 2 is 1.48 bits per heavy atom. The van der Waals surface area contributed by atoms with Crippen molar-refractivity contribution in [1.29, 1.82) is 0 Å². The van der Waals surface area contributed by atoms with Gasteiger partial charge in [-0.25, -0.2) is 0 Å². The summed E-state index contributed by atoms with van der Waals surface area (Å²) in [4.78, 5) is 0. The number of hydrogen-bond donors (Lipinski definition) is 3. The molecule has 3 nitrogen and oxygen atoms in total. The quantitative estimate of drug-likeness (QED) is 0.440. The molecule has 0 heterocycles. The number of nitrogens with two attached hydrogens (primary N) is 3. The molecule has 1 aromatic carbocycles. The van der Waals surface area contributed by atoms with Crippen molar-refractivity contribution in [2.45, 2.75) is 25.9 Å². The minimum absolute atomic E-state index is 0. The van der Waals surface area contributed by atoms with E-state index in [0.717, 1.165) is 5.56 Å². The van der Waals surface area contributed by atoms with Gasteiger partial charge in [-0.3, -0.25) is 0 Å². The van der Waals surface area contributed by atoms with E-state index in [-0.39, 0.29) is 49.3 Å². The van der Waals surface area contributed by atoms with Crippen LogP contribution in [0.2, 0.25) is 0 Å². The molecule has 0 spiro atoms. The summed E-state index contributed by atoms with van der Waals surface area (Å²) in [7, 11) is 0. The van der Waals surface area contributed by atoms with Gasteiger partial charge in [0.05, 0.1) is 24.5 Å². The minimum atomic E-state index is -0.0880. The molecule has 0 fully saturated rings. The number of halogens is 4. The highest BCUT2D eigenvalue weighted by Gasteiger charge is 1.83. The maximum absolute atomic E-state index is 5.47. The van der Waals surface area contributed by atoms with Crippen LogP contribution in [0.1, 0.15) is 19.4 Å². The van der Waals surface area contributed by atoms with Crippen molar-refractivity contribution in [1.82, 2.24) is 0 Å². The van der Waals surface area contributed by atoms with Crippen LogP contribution < -0.4 is 17.2 Å².